The zero-order valence-corrected chi connectivity index (χ0v) is 16.6. The van der Waals surface area contributed by atoms with Gasteiger partial charge in [0.05, 0.1) is 6.04 Å². The first-order chi connectivity index (χ1) is 13.7. The number of benzene rings is 1. The number of thiophene rings is 1. The van der Waals surface area contributed by atoms with Crippen LogP contribution in [-0.4, -0.2) is 21.9 Å². The van der Waals surface area contributed by atoms with Crippen molar-refractivity contribution >= 4 is 28.7 Å². The van der Waals surface area contributed by atoms with Crippen molar-refractivity contribution in [1.29, 1.82) is 0 Å². The highest BCUT2D eigenvalue weighted by Gasteiger charge is 2.47. The van der Waals surface area contributed by atoms with Crippen molar-refractivity contribution in [1.82, 2.24) is 9.78 Å². The van der Waals surface area contributed by atoms with E-state index < -0.39 is 24.2 Å². The quantitative estimate of drug-likeness (QED) is 0.590. The molecular formula is C20H19F3N4OS. The van der Waals surface area contributed by atoms with E-state index in [-0.39, 0.29) is 17.9 Å². The van der Waals surface area contributed by atoms with Crippen LogP contribution < -0.4 is 10.6 Å². The Labute approximate surface area is 169 Å². The molecule has 1 aliphatic rings. The Morgan fingerprint density at radius 2 is 2.03 bits per heavy atom. The predicted molar refractivity (Wildman–Crippen MR) is 106 cm³/mol. The maximum Gasteiger partial charge on any atom is 0.410 e. The summed E-state index contributed by atoms with van der Waals surface area (Å²) >= 11 is 1.40. The lowest BCUT2D eigenvalue weighted by atomic mass is 10.0. The molecule has 3 heterocycles. The van der Waals surface area contributed by atoms with E-state index in [2.05, 4.69) is 15.7 Å². The molecule has 0 unspecified atom stereocenters. The van der Waals surface area contributed by atoms with E-state index in [1.165, 1.54) is 17.4 Å². The lowest BCUT2D eigenvalue weighted by molar-refractivity contribution is -0.173. The molecule has 3 aromatic rings. The number of anilines is 2. The lowest BCUT2D eigenvalue weighted by Crippen LogP contribution is -2.35. The summed E-state index contributed by atoms with van der Waals surface area (Å²) in [5.41, 5.74) is 2.59. The van der Waals surface area contributed by atoms with Gasteiger partial charge in [0.15, 0.2) is 11.7 Å². The van der Waals surface area contributed by atoms with Gasteiger partial charge in [-0.15, -0.1) is 11.3 Å². The van der Waals surface area contributed by atoms with Gasteiger partial charge in [0, 0.05) is 23.1 Å². The van der Waals surface area contributed by atoms with Gasteiger partial charge in [-0.1, -0.05) is 12.1 Å². The highest BCUT2D eigenvalue weighted by molar-refractivity contribution is 7.10. The number of nitrogens with one attached hydrogen (secondary N) is 2. The first-order valence-electron chi connectivity index (χ1n) is 9.07. The molecule has 4 rings (SSSR count). The van der Waals surface area contributed by atoms with Crippen LogP contribution in [0.3, 0.4) is 0 Å². The van der Waals surface area contributed by atoms with E-state index in [1.54, 1.807) is 18.2 Å². The molecule has 9 heteroatoms. The number of carbonyl (C=O) groups is 1. The molecule has 2 N–H and O–H groups in total. The molecule has 2 atom stereocenters. The van der Waals surface area contributed by atoms with Crippen molar-refractivity contribution in [3.8, 4) is 0 Å². The van der Waals surface area contributed by atoms with Gasteiger partial charge in [-0.2, -0.15) is 18.3 Å². The third-order valence-corrected chi connectivity index (χ3v) is 6.06. The van der Waals surface area contributed by atoms with E-state index in [9.17, 15) is 18.0 Å². The largest absolute Gasteiger partial charge is 0.410 e. The van der Waals surface area contributed by atoms with E-state index >= 15 is 0 Å². The number of hydrogen-bond acceptors (Lipinski definition) is 4. The molecule has 1 aromatic carbocycles. The van der Waals surface area contributed by atoms with Crippen LogP contribution in [0.4, 0.5) is 24.7 Å². The smallest absolute Gasteiger partial charge is 0.363 e. The van der Waals surface area contributed by atoms with Gasteiger partial charge in [0.2, 0.25) is 0 Å². The number of fused-ring (bicyclic) bond motifs is 1. The van der Waals surface area contributed by atoms with Crippen LogP contribution in [-0.2, 0) is 0 Å². The number of aryl methyl sites for hydroxylation is 2. The minimum absolute atomic E-state index is 0.0631. The Hall–Kier alpha value is -2.81. The first kappa shape index (κ1) is 19.5. The molecule has 152 valence electrons. The number of carbonyl (C=O) groups excluding carboxylic acids is 1. The molecule has 0 saturated carbocycles. The van der Waals surface area contributed by atoms with Crippen LogP contribution in [0.25, 0.3) is 0 Å². The van der Waals surface area contributed by atoms with Crippen molar-refractivity contribution in [2.45, 2.75) is 38.5 Å². The van der Waals surface area contributed by atoms with E-state index in [4.69, 9.17) is 0 Å². The number of rotatable bonds is 3. The molecule has 0 bridgehead atoms. The Morgan fingerprint density at radius 1 is 1.24 bits per heavy atom. The minimum atomic E-state index is -4.47. The summed E-state index contributed by atoms with van der Waals surface area (Å²) in [6, 6.07) is 8.13. The van der Waals surface area contributed by atoms with Crippen LogP contribution in [0.1, 0.15) is 45.0 Å². The maximum absolute atomic E-state index is 13.7. The van der Waals surface area contributed by atoms with Gasteiger partial charge in [-0.25, -0.2) is 4.68 Å². The SMILES string of the molecule is Cc1ccc(NC(=O)c2cc3n(n2)[C@H](C(F)(F)F)C[C@@H](c2cccs2)N3)cc1C. The molecule has 0 saturated heterocycles. The number of nitrogens with zero attached hydrogens (tertiary/aromatic N) is 2. The third kappa shape index (κ3) is 3.87. The fourth-order valence-electron chi connectivity index (χ4n) is 3.37. The van der Waals surface area contributed by atoms with Crippen LogP contribution in [0, 0.1) is 13.8 Å². The zero-order valence-electron chi connectivity index (χ0n) is 15.7. The second-order valence-corrected chi connectivity index (χ2v) is 8.10. The standard InChI is InChI=1S/C20H19F3N4OS/c1-11-5-6-13(8-12(11)2)24-19(28)15-10-18-25-14(16-4-3-7-29-16)9-17(20(21,22)23)27(18)26-15/h3-8,10,14,17,25H,9H2,1-2H3,(H,24,28)/t14-,17-/m0/s1. The topological polar surface area (TPSA) is 59.0 Å². The first-order valence-corrected chi connectivity index (χ1v) is 9.95. The predicted octanol–water partition coefficient (Wildman–Crippen LogP) is 5.47. The monoisotopic (exact) mass is 420 g/mol. The number of halogens is 3. The van der Waals surface area contributed by atoms with Crippen LogP contribution in [0.15, 0.2) is 41.8 Å². The van der Waals surface area contributed by atoms with Gasteiger partial charge in [-0.3, -0.25) is 4.79 Å². The lowest BCUT2D eigenvalue weighted by Gasteiger charge is -2.32. The summed E-state index contributed by atoms with van der Waals surface area (Å²) in [5.74, 6) is -0.368. The van der Waals surface area contributed by atoms with Crippen LogP contribution >= 0.6 is 11.3 Å². The van der Waals surface area contributed by atoms with Gasteiger partial charge in [0.25, 0.3) is 5.91 Å². The van der Waals surface area contributed by atoms with Crippen molar-refractivity contribution in [2.75, 3.05) is 10.6 Å². The van der Waals surface area contributed by atoms with Gasteiger partial charge < -0.3 is 10.6 Å². The molecule has 1 aliphatic heterocycles. The summed E-state index contributed by atoms with van der Waals surface area (Å²) in [4.78, 5) is 13.4. The molecule has 0 radical (unpaired) electrons. The number of amides is 1. The molecule has 0 aliphatic carbocycles. The van der Waals surface area contributed by atoms with Gasteiger partial charge >= 0.3 is 6.18 Å². The molecule has 0 spiro atoms. The Morgan fingerprint density at radius 3 is 2.69 bits per heavy atom. The maximum atomic E-state index is 13.7. The van der Waals surface area contributed by atoms with Crippen molar-refractivity contribution in [3.63, 3.8) is 0 Å². The van der Waals surface area contributed by atoms with E-state index in [0.29, 0.717) is 5.69 Å². The zero-order chi connectivity index (χ0) is 20.8. The Kier molecular flexibility index (Phi) is 4.85. The van der Waals surface area contributed by atoms with Crippen molar-refractivity contribution in [3.05, 3.63) is 63.5 Å². The Balaban J connectivity index is 1.63. The molecule has 1 amide bonds. The number of alkyl halides is 3. The number of aromatic nitrogens is 2. The normalized spacial score (nSPS) is 18.8. The number of hydrogen-bond donors (Lipinski definition) is 2. The summed E-state index contributed by atoms with van der Waals surface area (Å²) < 4.78 is 41.9. The average Bonchev–Trinajstić information content (AvgIpc) is 3.32. The molecular weight excluding hydrogens is 401 g/mol. The second-order valence-electron chi connectivity index (χ2n) is 7.12. The fraction of sp³-hybridized carbons (Fsp3) is 0.300. The summed E-state index contributed by atoms with van der Waals surface area (Å²) in [6.45, 7) is 3.88. The van der Waals surface area contributed by atoms with E-state index in [1.807, 2.05) is 31.4 Å². The highest BCUT2D eigenvalue weighted by atomic mass is 32.1. The third-order valence-electron chi connectivity index (χ3n) is 5.07. The van der Waals surface area contributed by atoms with Crippen molar-refractivity contribution < 1.29 is 18.0 Å². The van der Waals surface area contributed by atoms with Crippen LogP contribution in [0.2, 0.25) is 0 Å². The summed E-state index contributed by atoms with van der Waals surface area (Å²) in [5, 5.41) is 11.6. The minimum Gasteiger partial charge on any atom is -0.363 e. The average molecular weight is 420 g/mol. The molecule has 2 aromatic heterocycles. The van der Waals surface area contributed by atoms with Crippen molar-refractivity contribution in [2.24, 2.45) is 0 Å². The fourth-order valence-corrected chi connectivity index (χ4v) is 4.17. The molecule has 0 fully saturated rings. The summed E-state index contributed by atoms with van der Waals surface area (Å²) in [6.07, 6.45) is -4.66. The van der Waals surface area contributed by atoms with Crippen LogP contribution in [0.5, 0.6) is 0 Å². The van der Waals surface area contributed by atoms with Gasteiger partial charge in [0.1, 0.15) is 5.82 Å². The Bertz CT molecular complexity index is 1040. The van der Waals surface area contributed by atoms with E-state index in [0.717, 1.165) is 20.7 Å². The summed E-state index contributed by atoms with van der Waals surface area (Å²) in [7, 11) is 0. The second kappa shape index (κ2) is 7.22. The molecule has 29 heavy (non-hydrogen) atoms. The highest BCUT2D eigenvalue weighted by Crippen LogP contribution is 2.44. The van der Waals surface area contributed by atoms with Gasteiger partial charge in [-0.05, 0) is 48.6 Å². The molecule has 5 nitrogen and oxygen atoms in total.